The van der Waals surface area contributed by atoms with Crippen molar-refractivity contribution in [3.8, 4) is 0 Å². The molecule has 2 rings (SSSR count). The number of hydrogen-bond acceptors (Lipinski definition) is 3. The third kappa shape index (κ3) is 2.17. The number of carboxylic acids is 1. The van der Waals surface area contributed by atoms with Crippen LogP contribution in [0.2, 0.25) is 0 Å². The van der Waals surface area contributed by atoms with E-state index in [4.69, 9.17) is 5.11 Å². The minimum atomic E-state index is -3.44. The highest BCUT2D eigenvalue weighted by molar-refractivity contribution is 7.91. The van der Waals surface area contributed by atoms with Crippen LogP contribution in [0.1, 0.15) is 11.5 Å². The Morgan fingerprint density at radius 1 is 1.41 bits per heavy atom. The fraction of sp³-hybridized carbons (Fsp3) is 0.364. The first-order valence-electron chi connectivity index (χ1n) is 4.99. The molecule has 6 heteroatoms. The van der Waals surface area contributed by atoms with Crippen LogP contribution in [0.15, 0.2) is 24.3 Å². The van der Waals surface area contributed by atoms with E-state index in [1.54, 1.807) is 6.07 Å². The molecule has 3 atom stereocenters. The Balaban J connectivity index is 2.37. The van der Waals surface area contributed by atoms with E-state index < -0.39 is 38.7 Å². The molecule has 1 aliphatic carbocycles. The van der Waals surface area contributed by atoms with Gasteiger partial charge >= 0.3 is 5.97 Å². The predicted molar refractivity (Wildman–Crippen MR) is 58.9 cm³/mol. The van der Waals surface area contributed by atoms with E-state index in [0.717, 1.165) is 6.26 Å². The lowest BCUT2D eigenvalue weighted by Crippen LogP contribution is -2.10. The Hall–Kier alpha value is -1.43. The quantitative estimate of drug-likeness (QED) is 0.879. The maximum Gasteiger partial charge on any atom is 0.308 e. The van der Waals surface area contributed by atoms with Crippen molar-refractivity contribution in [3.05, 3.63) is 35.6 Å². The molecule has 0 aliphatic heterocycles. The molecule has 0 aromatic heterocycles. The fourth-order valence-corrected chi connectivity index (χ4v) is 3.81. The van der Waals surface area contributed by atoms with Gasteiger partial charge in [0, 0.05) is 12.2 Å². The summed E-state index contributed by atoms with van der Waals surface area (Å²) in [6.45, 7) is 0. The largest absolute Gasteiger partial charge is 0.481 e. The Bertz CT molecular complexity index is 567. The zero-order valence-electron chi connectivity index (χ0n) is 9.00. The molecule has 17 heavy (non-hydrogen) atoms. The summed E-state index contributed by atoms with van der Waals surface area (Å²) in [5.41, 5.74) is 0.424. The molecule has 0 heterocycles. The van der Waals surface area contributed by atoms with Gasteiger partial charge in [0.15, 0.2) is 9.84 Å². The second kappa shape index (κ2) is 3.80. The lowest BCUT2D eigenvalue weighted by Gasteiger charge is -1.98. The van der Waals surface area contributed by atoms with Crippen molar-refractivity contribution in [1.29, 1.82) is 0 Å². The Kier molecular flexibility index (Phi) is 2.69. The molecule has 0 amide bonds. The predicted octanol–water partition coefficient (Wildman–Crippen LogP) is 1.04. The molecular weight excluding hydrogens is 247 g/mol. The third-order valence-corrected chi connectivity index (χ3v) is 4.54. The van der Waals surface area contributed by atoms with E-state index in [1.165, 1.54) is 18.2 Å². The number of carboxylic acid groups (broad SMARTS) is 1. The number of benzene rings is 1. The molecule has 0 radical (unpaired) electrons. The summed E-state index contributed by atoms with van der Waals surface area (Å²) in [5, 5.41) is 7.99. The van der Waals surface area contributed by atoms with Gasteiger partial charge in [-0.1, -0.05) is 12.1 Å². The molecule has 0 saturated heterocycles. The number of halogens is 1. The average Bonchev–Trinajstić information content (AvgIpc) is 2.91. The molecule has 1 aromatic carbocycles. The maximum absolute atomic E-state index is 13.0. The zero-order chi connectivity index (χ0) is 12.8. The number of carbonyl (C=O) groups is 1. The van der Waals surface area contributed by atoms with Gasteiger partial charge in [0.25, 0.3) is 0 Å². The first kappa shape index (κ1) is 12.0. The molecule has 0 unspecified atom stereocenters. The highest BCUT2D eigenvalue weighted by Crippen LogP contribution is 2.52. The average molecular weight is 258 g/mol. The lowest BCUT2D eigenvalue weighted by atomic mass is 10.1. The summed E-state index contributed by atoms with van der Waals surface area (Å²) in [5.74, 6) is -3.26. The highest BCUT2D eigenvalue weighted by Gasteiger charge is 2.61. The highest BCUT2D eigenvalue weighted by atomic mass is 32.2. The van der Waals surface area contributed by atoms with E-state index in [9.17, 15) is 17.6 Å². The smallest absolute Gasteiger partial charge is 0.308 e. The van der Waals surface area contributed by atoms with Gasteiger partial charge in [-0.15, -0.1) is 0 Å². The van der Waals surface area contributed by atoms with Gasteiger partial charge in [-0.2, -0.15) is 0 Å². The molecule has 1 N–H and O–H groups in total. The van der Waals surface area contributed by atoms with E-state index in [1.807, 2.05) is 0 Å². The van der Waals surface area contributed by atoms with Gasteiger partial charge in [0.2, 0.25) is 0 Å². The summed E-state index contributed by atoms with van der Waals surface area (Å²) in [4.78, 5) is 10.9. The summed E-state index contributed by atoms with van der Waals surface area (Å²) < 4.78 is 35.9. The van der Waals surface area contributed by atoms with Crippen LogP contribution in [-0.4, -0.2) is 31.0 Å². The normalized spacial score (nSPS) is 27.8. The van der Waals surface area contributed by atoms with E-state index in [0.29, 0.717) is 5.56 Å². The van der Waals surface area contributed by atoms with Crippen molar-refractivity contribution in [2.75, 3.05) is 6.26 Å². The van der Waals surface area contributed by atoms with Crippen molar-refractivity contribution >= 4 is 15.8 Å². The molecule has 0 bridgehead atoms. The zero-order valence-corrected chi connectivity index (χ0v) is 9.82. The number of rotatable bonds is 3. The van der Waals surface area contributed by atoms with Crippen molar-refractivity contribution < 1.29 is 22.7 Å². The van der Waals surface area contributed by atoms with Crippen LogP contribution in [-0.2, 0) is 14.6 Å². The molecule has 0 spiro atoms. The molecule has 1 fully saturated rings. The van der Waals surface area contributed by atoms with Crippen LogP contribution >= 0.6 is 0 Å². The van der Waals surface area contributed by atoms with Gasteiger partial charge in [-0.25, -0.2) is 12.8 Å². The second-order valence-corrected chi connectivity index (χ2v) is 6.44. The summed E-state index contributed by atoms with van der Waals surface area (Å²) in [7, 11) is -3.44. The van der Waals surface area contributed by atoms with Gasteiger partial charge in [-0.3, -0.25) is 4.79 Å². The molecule has 1 aliphatic rings. The van der Waals surface area contributed by atoms with Crippen molar-refractivity contribution in [3.63, 3.8) is 0 Å². The topological polar surface area (TPSA) is 71.4 Å². The molecular formula is C11H11FO4S. The van der Waals surface area contributed by atoms with Crippen LogP contribution in [0.25, 0.3) is 0 Å². The van der Waals surface area contributed by atoms with Crippen LogP contribution < -0.4 is 0 Å². The number of aliphatic carboxylic acids is 1. The number of sulfone groups is 1. The second-order valence-electron chi connectivity index (χ2n) is 4.24. The summed E-state index contributed by atoms with van der Waals surface area (Å²) in [6, 6.07) is 5.42. The summed E-state index contributed by atoms with van der Waals surface area (Å²) in [6.07, 6.45) is 1.01. The first-order valence-corrected chi connectivity index (χ1v) is 6.95. The SMILES string of the molecule is CS(=O)(=O)[C@@H]1[C@@H](C(=O)O)[C@@H]1c1cccc(F)c1. The lowest BCUT2D eigenvalue weighted by molar-refractivity contribution is -0.138. The third-order valence-electron chi connectivity index (χ3n) is 2.97. The van der Waals surface area contributed by atoms with Gasteiger partial charge in [-0.05, 0) is 17.7 Å². The molecule has 92 valence electrons. The Morgan fingerprint density at radius 2 is 2.06 bits per heavy atom. The van der Waals surface area contributed by atoms with Crippen LogP contribution in [0.3, 0.4) is 0 Å². The monoisotopic (exact) mass is 258 g/mol. The van der Waals surface area contributed by atoms with Gasteiger partial charge in [0.1, 0.15) is 5.82 Å². The molecule has 4 nitrogen and oxygen atoms in total. The first-order chi connectivity index (χ1) is 7.82. The van der Waals surface area contributed by atoms with Gasteiger partial charge in [0.05, 0.1) is 11.2 Å². The van der Waals surface area contributed by atoms with E-state index in [-0.39, 0.29) is 0 Å². The minimum Gasteiger partial charge on any atom is -0.481 e. The molecule has 1 saturated carbocycles. The van der Waals surface area contributed by atoms with Crippen LogP contribution in [0.4, 0.5) is 4.39 Å². The Morgan fingerprint density at radius 3 is 2.47 bits per heavy atom. The summed E-state index contributed by atoms with van der Waals surface area (Å²) >= 11 is 0. The van der Waals surface area contributed by atoms with Crippen molar-refractivity contribution in [2.24, 2.45) is 5.92 Å². The van der Waals surface area contributed by atoms with E-state index >= 15 is 0 Å². The number of hydrogen-bond donors (Lipinski definition) is 1. The Labute approximate surface area is 98.0 Å². The van der Waals surface area contributed by atoms with Crippen molar-refractivity contribution in [1.82, 2.24) is 0 Å². The van der Waals surface area contributed by atoms with E-state index in [2.05, 4.69) is 0 Å². The van der Waals surface area contributed by atoms with Crippen molar-refractivity contribution in [2.45, 2.75) is 11.2 Å². The molecule has 1 aromatic rings. The van der Waals surface area contributed by atoms with Gasteiger partial charge < -0.3 is 5.11 Å². The maximum atomic E-state index is 13.0. The van der Waals surface area contributed by atoms with Crippen LogP contribution in [0, 0.1) is 11.7 Å². The van der Waals surface area contributed by atoms with Crippen LogP contribution in [0.5, 0.6) is 0 Å². The standard InChI is InChI=1S/C11H11FO4S/c1-17(15,16)10-8(9(10)11(13)14)6-3-2-4-7(12)5-6/h2-5,8-10H,1H3,(H,13,14)/t8-,9-,10-/m0/s1. The fourth-order valence-electron chi connectivity index (χ4n) is 2.22. The minimum absolute atomic E-state index is 0.424.